The Bertz CT molecular complexity index is 1060. The predicted octanol–water partition coefficient (Wildman–Crippen LogP) is 6.56. The van der Waals surface area contributed by atoms with Crippen molar-refractivity contribution in [1.29, 1.82) is 0 Å². The topological polar surface area (TPSA) is 46.2 Å². The number of aryl methyl sites for hydroxylation is 1. The van der Waals surface area contributed by atoms with Gasteiger partial charge in [-0.2, -0.15) is 0 Å². The van der Waals surface area contributed by atoms with E-state index in [2.05, 4.69) is 52.1 Å². The minimum atomic E-state index is -0.382. The van der Waals surface area contributed by atoms with Gasteiger partial charge >= 0.3 is 0 Å². The molecule has 4 rings (SSSR count). The highest BCUT2D eigenvalue weighted by Crippen LogP contribution is 2.48. The minimum absolute atomic E-state index is 0.138. The van der Waals surface area contributed by atoms with E-state index in [0.29, 0.717) is 11.4 Å². The molecule has 0 spiro atoms. The Morgan fingerprint density at radius 2 is 1.63 bits per heavy atom. The molecule has 1 N–H and O–H groups in total. The number of thioether (sulfide) groups is 1. The van der Waals surface area contributed by atoms with Crippen molar-refractivity contribution in [2.75, 3.05) is 0 Å². The van der Waals surface area contributed by atoms with Crippen molar-refractivity contribution in [2.45, 2.75) is 70.0 Å². The van der Waals surface area contributed by atoms with Gasteiger partial charge in [-0.05, 0) is 77.0 Å². The Morgan fingerprint density at radius 3 is 2.20 bits per heavy atom. The van der Waals surface area contributed by atoms with Gasteiger partial charge in [-0.3, -0.25) is 14.9 Å². The Hall–Kier alpha value is -1.78. The van der Waals surface area contributed by atoms with E-state index < -0.39 is 0 Å². The number of benzene rings is 2. The van der Waals surface area contributed by atoms with Gasteiger partial charge in [0, 0.05) is 10.6 Å². The summed E-state index contributed by atoms with van der Waals surface area (Å²) in [7, 11) is 0. The van der Waals surface area contributed by atoms with Crippen molar-refractivity contribution in [2.24, 2.45) is 0 Å². The molecule has 3 nitrogen and oxygen atoms in total. The number of amides is 2. The van der Waals surface area contributed by atoms with Gasteiger partial charge in [-0.1, -0.05) is 69.3 Å². The molecule has 5 heteroatoms. The maximum atomic E-state index is 11.9. The van der Waals surface area contributed by atoms with Crippen molar-refractivity contribution in [1.82, 2.24) is 5.32 Å². The van der Waals surface area contributed by atoms with Gasteiger partial charge in [-0.15, -0.1) is 0 Å². The molecule has 2 aromatic carbocycles. The lowest BCUT2D eigenvalue weighted by Gasteiger charge is -2.42. The summed E-state index contributed by atoms with van der Waals surface area (Å²) in [5, 5.41) is 2.36. The molecule has 30 heavy (non-hydrogen) atoms. The first-order chi connectivity index (χ1) is 14.0. The number of rotatable bonds is 3. The molecule has 0 bridgehead atoms. The van der Waals surface area contributed by atoms with Crippen LogP contribution in [0.25, 0.3) is 11.1 Å². The molecule has 1 aliphatic carbocycles. The van der Waals surface area contributed by atoms with Crippen LogP contribution in [0.5, 0.6) is 0 Å². The zero-order valence-electron chi connectivity index (χ0n) is 18.2. The SMILES string of the molecule is Cc1cc2c(cc1-c1ccc(CC3SC(=O)NC3=O)cc1Cl)C(C)(C)CCC2(C)C. The highest BCUT2D eigenvalue weighted by molar-refractivity contribution is 8.15. The fourth-order valence-corrected chi connectivity index (χ4v) is 5.82. The van der Waals surface area contributed by atoms with Crippen LogP contribution in [0.3, 0.4) is 0 Å². The van der Waals surface area contributed by atoms with Crippen LogP contribution in [0, 0.1) is 6.92 Å². The monoisotopic (exact) mass is 441 g/mol. The number of imide groups is 1. The highest BCUT2D eigenvalue weighted by atomic mass is 35.5. The minimum Gasteiger partial charge on any atom is -0.286 e. The number of nitrogens with one attached hydrogen (secondary N) is 1. The molecule has 1 fully saturated rings. The van der Waals surface area contributed by atoms with Gasteiger partial charge < -0.3 is 0 Å². The fourth-order valence-electron chi connectivity index (χ4n) is 4.66. The standard InChI is InChI=1S/C25H28ClNO2S/c1-14-10-18-19(25(4,5)9-8-24(18,2)3)13-17(14)16-7-6-15(11-20(16)26)12-21-22(28)27-23(29)30-21/h6-7,10-11,13,21H,8-9,12H2,1-5H3,(H,27,28,29). The Morgan fingerprint density at radius 1 is 1.00 bits per heavy atom. The fraction of sp³-hybridized carbons (Fsp3) is 0.440. The van der Waals surface area contributed by atoms with Crippen molar-refractivity contribution >= 4 is 34.5 Å². The third-order valence-electron chi connectivity index (χ3n) is 6.71. The van der Waals surface area contributed by atoms with E-state index in [1.807, 2.05) is 18.2 Å². The van der Waals surface area contributed by atoms with E-state index in [9.17, 15) is 9.59 Å². The van der Waals surface area contributed by atoms with Crippen molar-refractivity contribution in [3.05, 3.63) is 57.6 Å². The van der Waals surface area contributed by atoms with Crippen LogP contribution >= 0.6 is 23.4 Å². The van der Waals surface area contributed by atoms with E-state index in [1.165, 1.54) is 35.1 Å². The lowest BCUT2D eigenvalue weighted by Crippen LogP contribution is -2.34. The molecule has 1 unspecified atom stereocenters. The van der Waals surface area contributed by atoms with Crippen LogP contribution < -0.4 is 5.32 Å². The van der Waals surface area contributed by atoms with E-state index in [1.54, 1.807) is 0 Å². The smallest absolute Gasteiger partial charge is 0.286 e. The molecule has 158 valence electrons. The lowest BCUT2D eigenvalue weighted by atomic mass is 9.62. The van der Waals surface area contributed by atoms with Gasteiger partial charge in [0.05, 0.1) is 5.25 Å². The summed E-state index contributed by atoms with van der Waals surface area (Å²) in [4.78, 5) is 23.3. The quantitative estimate of drug-likeness (QED) is 0.586. The van der Waals surface area contributed by atoms with Gasteiger partial charge in [0.25, 0.3) is 5.24 Å². The molecule has 0 radical (unpaired) electrons. The zero-order chi connectivity index (χ0) is 21.8. The summed E-state index contributed by atoms with van der Waals surface area (Å²) in [6.07, 6.45) is 2.85. The molecule has 2 amide bonds. The van der Waals surface area contributed by atoms with Gasteiger partial charge in [0.1, 0.15) is 0 Å². The summed E-state index contributed by atoms with van der Waals surface area (Å²) in [5.41, 5.74) is 7.55. The molecule has 1 saturated heterocycles. The zero-order valence-corrected chi connectivity index (χ0v) is 19.8. The number of hydrogen-bond donors (Lipinski definition) is 1. The van der Waals surface area contributed by atoms with Crippen LogP contribution in [0.4, 0.5) is 4.79 Å². The van der Waals surface area contributed by atoms with E-state index in [0.717, 1.165) is 22.9 Å². The van der Waals surface area contributed by atoms with Crippen LogP contribution in [-0.4, -0.2) is 16.4 Å². The second kappa shape index (κ2) is 7.42. The number of fused-ring (bicyclic) bond motifs is 1. The van der Waals surface area contributed by atoms with Crippen molar-refractivity contribution in [3.8, 4) is 11.1 Å². The predicted molar refractivity (Wildman–Crippen MR) is 126 cm³/mol. The van der Waals surface area contributed by atoms with E-state index in [-0.39, 0.29) is 27.2 Å². The van der Waals surface area contributed by atoms with Crippen LogP contribution in [-0.2, 0) is 22.0 Å². The van der Waals surface area contributed by atoms with E-state index >= 15 is 0 Å². The number of hydrogen-bond acceptors (Lipinski definition) is 3. The van der Waals surface area contributed by atoms with Crippen LogP contribution in [0.2, 0.25) is 5.02 Å². The maximum absolute atomic E-state index is 11.9. The molecule has 1 aliphatic heterocycles. The molecule has 0 aromatic heterocycles. The largest absolute Gasteiger partial charge is 0.286 e. The molecular weight excluding hydrogens is 414 g/mol. The maximum Gasteiger partial charge on any atom is 0.286 e. The normalized spacial score (nSPS) is 22.0. The van der Waals surface area contributed by atoms with Gasteiger partial charge in [0.2, 0.25) is 5.91 Å². The summed E-state index contributed by atoms with van der Waals surface area (Å²) >= 11 is 7.77. The van der Waals surface area contributed by atoms with Crippen LogP contribution in [0.15, 0.2) is 30.3 Å². The third kappa shape index (κ3) is 3.80. The van der Waals surface area contributed by atoms with Gasteiger partial charge in [-0.25, -0.2) is 0 Å². The summed E-state index contributed by atoms with van der Waals surface area (Å²) in [6.45, 7) is 11.5. The second-order valence-electron chi connectivity index (χ2n) is 9.88. The number of carbonyl (C=O) groups excluding carboxylic acids is 2. The van der Waals surface area contributed by atoms with Crippen molar-refractivity contribution < 1.29 is 9.59 Å². The Balaban J connectivity index is 1.71. The summed E-state index contributed by atoms with van der Waals surface area (Å²) in [5.74, 6) is -0.222. The summed E-state index contributed by atoms with van der Waals surface area (Å²) in [6, 6.07) is 10.7. The van der Waals surface area contributed by atoms with Crippen molar-refractivity contribution in [3.63, 3.8) is 0 Å². The Labute approximate surface area is 188 Å². The first-order valence-corrected chi connectivity index (χ1v) is 11.7. The first-order valence-electron chi connectivity index (χ1n) is 10.4. The van der Waals surface area contributed by atoms with Crippen LogP contribution in [0.1, 0.15) is 62.8 Å². The lowest BCUT2D eigenvalue weighted by molar-refractivity contribution is -0.118. The highest BCUT2D eigenvalue weighted by Gasteiger charge is 2.37. The average Bonchev–Trinajstić information content (AvgIpc) is 2.96. The number of halogens is 1. The average molecular weight is 442 g/mol. The molecule has 2 aromatic rings. The Kier molecular flexibility index (Phi) is 5.31. The second-order valence-corrected chi connectivity index (χ2v) is 11.5. The third-order valence-corrected chi connectivity index (χ3v) is 8.00. The first kappa shape index (κ1) is 21.5. The summed E-state index contributed by atoms with van der Waals surface area (Å²) < 4.78 is 0. The number of carbonyl (C=O) groups is 2. The van der Waals surface area contributed by atoms with Gasteiger partial charge in [0.15, 0.2) is 0 Å². The molecule has 1 atom stereocenters. The molecular formula is C25H28ClNO2S. The van der Waals surface area contributed by atoms with E-state index in [4.69, 9.17) is 11.6 Å². The molecule has 2 aliphatic rings. The molecule has 1 heterocycles. The molecule has 0 saturated carbocycles.